The van der Waals surface area contributed by atoms with E-state index in [9.17, 15) is 14.9 Å². The molecule has 2 N–H and O–H groups in total. The van der Waals surface area contributed by atoms with Gasteiger partial charge in [-0.1, -0.05) is 12.1 Å². The van der Waals surface area contributed by atoms with Crippen LogP contribution in [0.1, 0.15) is 17.9 Å². The van der Waals surface area contributed by atoms with E-state index in [0.717, 1.165) is 12.0 Å². The molecule has 1 amide bonds. The van der Waals surface area contributed by atoms with Crippen molar-refractivity contribution in [1.29, 1.82) is 0 Å². The zero-order valence-corrected chi connectivity index (χ0v) is 8.29. The number of benzene rings is 1. The fourth-order valence-corrected chi connectivity index (χ4v) is 1.72. The number of carbonyl (C=O) groups is 1. The molecular formula is C10H10N2O4. The number of nitro benzene ring substituents is 1. The zero-order valence-electron chi connectivity index (χ0n) is 8.29. The second kappa shape index (κ2) is 3.80. The number of nitro groups is 1. The molecule has 0 spiro atoms. The fraction of sp³-hybridized carbons (Fsp3) is 0.300. The van der Waals surface area contributed by atoms with Gasteiger partial charge >= 0.3 is 6.09 Å². The van der Waals surface area contributed by atoms with Crippen LogP contribution < -0.4 is 5.32 Å². The molecule has 2 rings (SSSR count). The first-order valence-corrected chi connectivity index (χ1v) is 4.82. The number of non-ortho nitro benzene ring substituents is 1. The number of carboxylic acid groups (broad SMARTS) is 1. The highest BCUT2D eigenvalue weighted by molar-refractivity contribution is 5.66. The van der Waals surface area contributed by atoms with Gasteiger partial charge in [0.2, 0.25) is 0 Å². The first-order valence-electron chi connectivity index (χ1n) is 4.82. The minimum absolute atomic E-state index is 0.0483. The van der Waals surface area contributed by atoms with E-state index in [1.54, 1.807) is 12.1 Å². The summed E-state index contributed by atoms with van der Waals surface area (Å²) in [6.45, 7) is 0. The largest absolute Gasteiger partial charge is 0.465 e. The second-order valence-electron chi connectivity index (χ2n) is 3.75. The predicted octanol–water partition coefficient (Wildman–Crippen LogP) is 1.72. The highest BCUT2D eigenvalue weighted by Crippen LogP contribution is 2.41. The molecular weight excluding hydrogens is 212 g/mol. The Morgan fingerprint density at radius 2 is 2.06 bits per heavy atom. The summed E-state index contributed by atoms with van der Waals surface area (Å²) >= 11 is 0. The molecule has 6 heteroatoms. The number of amides is 1. The molecule has 0 aromatic heterocycles. The van der Waals surface area contributed by atoms with Crippen LogP contribution in [0.4, 0.5) is 10.5 Å². The monoisotopic (exact) mass is 222 g/mol. The number of nitrogens with zero attached hydrogens (tertiary/aromatic N) is 1. The van der Waals surface area contributed by atoms with Gasteiger partial charge < -0.3 is 10.4 Å². The fourth-order valence-electron chi connectivity index (χ4n) is 1.72. The summed E-state index contributed by atoms with van der Waals surface area (Å²) in [5.74, 6) is 0.150. The summed E-state index contributed by atoms with van der Waals surface area (Å²) in [5.41, 5.74) is 0.983. The third-order valence-electron chi connectivity index (χ3n) is 2.63. The van der Waals surface area contributed by atoms with Gasteiger partial charge in [-0.15, -0.1) is 0 Å². The van der Waals surface area contributed by atoms with E-state index in [4.69, 9.17) is 5.11 Å². The molecule has 0 heterocycles. The van der Waals surface area contributed by atoms with Gasteiger partial charge in [-0.25, -0.2) is 4.79 Å². The van der Waals surface area contributed by atoms with Crippen molar-refractivity contribution in [3.63, 3.8) is 0 Å². The molecule has 0 bridgehead atoms. The van der Waals surface area contributed by atoms with Gasteiger partial charge in [-0.3, -0.25) is 10.1 Å². The molecule has 84 valence electrons. The topological polar surface area (TPSA) is 92.5 Å². The van der Waals surface area contributed by atoms with Crippen LogP contribution in [0.25, 0.3) is 0 Å². The van der Waals surface area contributed by atoms with Gasteiger partial charge in [-0.2, -0.15) is 0 Å². The number of hydrogen-bond acceptors (Lipinski definition) is 3. The van der Waals surface area contributed by atoms with Crippen molar-refractivity contribution in [1.82, 2.24) is 5.32 Å². The van der Waals surface area contributed by atoms with E-state index in [-0.39, 0.29) is 17.6 Å². The third kappa shape index (κ3) is 2.10. The second-order valence-corrected chi connectivity index (χ2v) is 3.75. The van der Waals surface area contributed by atoms with Crippen molar-refractivity contribution < 1.29 is 14.8 Å². The Labute approximate surface area is 91.0 Å². The molecule has 16 heavy (non-hydrogen) atoms. The standard InChI is InChI=1S/C10H10N2O4/c13-10(14)11-9-5-8(9)6-1-3-7(4-2-6)12(15)16/h1-4,8-9,11H,5H2,(H,13,14). The van der Waals surface area contributed by atoms with Crippen LogP contribution in [0.5, 0.6) is 0 Å². The van der Waals surface area contributed by atoms with Gasteiger partial charge in [-0.05, 0) is 12.0 Å². The lowest BCUT2D eigenvalue weighted by Crippen LogP contribution is -2.24. The van der Waals surface area contributed by atoms with Gasteiger partial charge in [0.15, 0.2) is 0 Å². The molecule has 1 saturated carbocycles. The summed E-state index contributed by atoms with van der Waals surface area (Å²) in [5, 5.41) is 21.3. The summed E-state index contributed by atoms with van der Waals surface area (Å²) in [6.07, 6.45) is -0.279. The van der Waals surface area contributed by atoms with Crippen LogP contribution in [-0.2, 0) is 0 Å². The maximum Gasteiger partial charge on any atom is 0.404 e. The van der Waals surface area contributed by atoms with E-state index < -0.39 is 11.0 Å². The van der Waals surface area contributed by atoms with Crippen LogP contribution in [0.3, 0.4) is 0 Å². The average molecular weight is 222 g/mol. The molecule has 1 aliphatic carbocycles. The van der Waals surface area contributed by atoms with Crippen LogP contribution in [0.2, 0.25) is 0 Å². The Morgan fingerprint density at radius 1 is 1.44 bits per heavy atom. The average Bonchev–Trinajstić information content (AvgIpc) is 2.96. The van der Waals surface area contributed by atoms with Crippen LogP contribution in [0, 0.1) is 10.1 Å². The molecule has 6 nitrogen and oxygen atoms in total. The zero-order chi connectivity index (χ0) is 11.7. The summed E-state index contributed by atoms with van der Waals surface area (Å²) in [6, 6.07) is 6.16. The van der Waals surface area contributed by atoms with Crippen molar-refractivity contribution in [2.45, 2.75) is 18.4 Å². The lowest BCUT2D eigenvalue weighted by Gasteiger charge is -2.00. The Morgan fingerprint density at radius 3 is 2.56 bits per heavy atom. The van der Waals surface area contributed by atoms with E-state index in [2.05, 4.69) is 5.32 Å². The molecule has 1 fully saturated rings. The van der Waals surface area contributed by atoms with E-state index in [1.165, 1.54) is 12.1 Å². The maximum atomic E-state index is 10.4. The summed E-state index contributed by atoms with van der Waals surface area (Å²) in [4.78, 5) is 20.3. The molecule has 1 aromatic rings. The van der Waals surface area contributed by atoms with E-state index in [0.29, 0.717) is 0 Å². The summed E-state index contributed by atoms with van der Waals surface area (Å²) in [7, 11) is 0. The maximum absolute atomic E-state index is 10.4. The molecule has 0 saturated heterocycles. The Balaban J connectivity index is 2.02. The first kappa shape index (κ1) is 10.4. The van der Waals surface area contributed by atoms with Gasteiger partial charge in [0.05, 0.1) is 4.92 Å². The van der Waals surface area contributed by atoms with Crippen molar-refractivity contribution in [3.05, 3.63) is 39.9 Å². The van der Waals surface area contributed by atoms with Crippen molar-refractivity contribution in [2.75, 3.05) is 0 Å². The normalized spacial score (nSPS) is 22.5. The van der Waals surface area contributed by atoms with Crippen LogP contribution in [-0.4, -0.2) is 22.2 Å². The molecule has 2 atom stereocenters. The van der Waals surface area contributed by atoms with Crippen LogP contribution in [0.15, 0.2) is 24.3 Å². The minimum Gasteiger partial charge on any atom is -0.465 e. The molecule has 1 aromatic carbocycles. The number of rotatable bonds is 3. The minimum atomic E-state index is -1.03. The van der Waals surface area contributed by atoms with Gasteiger partial charge in [0.1, 0.15) is 0 Å². The molecule has 2 unspecified atom stereocenters. The highest BCUT2D eigenvalue weighted by atomic mass is 16.6. The van der Waals surface area contributed by atoms with E-state index in [1.807, 2.05) is 0 Å². The van der Waals surface area contributed by atoms with Gasteiger partial charge in [0, 0.05) is 24.1 Å². The SMILES string of the molecule is O=C(O)NC1CC1c1ccc([N+](=O)[O-])cc1. The van der Waals surface area contributed by atoms with Crippen molar-refractivity contribution in [2.24, 2.45) is 0 Å². The Bertz CT molecular complexity index is 429. The van der Waals surface area contributed by atoms with Crippen LogP contribution >= 0.6 is 0 Å². The van der Waals surface area contributed by atoms with Crippen molar-refractivity contribution >= 4 is 11.8 Å². The number of hydrogen-bond donors (Lipinski definition) is 2. The third-order valence-corrected chi connectivity index (χ3v) is 2.63. The summed E-state index contributed by atoms with van der Waals surface area (Å²) < 4.78 is 0. The lowest BCUT2D eigenvalue weighted by atomic mass is 10.1. The Hall–Kier alpha value is -2.11. The quantitative estimate of drug-likeness (QED) is 0.601. The first-order chi connectivity index (χ1) is 7.58. The smallest absolute Gasteiger partial charge is 0.404 e. The van der Waals surface area contributed by atoms with E-state index >= 15 is 0 Å². The molecule has 1 aliphatic rings. The highest BCUT2D eigenvalue weighted by Gasteiger charge is 2.39. The lowest BCUT2D eigenvalue weighted by molar-refractivity contribution is -0.384. The van der Waals surface area contributed by atoms with Gasteiger partial charge in [0.25, 0.3) is 5.69 Å². The molecule has 0 aliphatic heterocycles. The Kier molecular flexibility index (Phi) is 2.47. The molecule has 0 radical (unpaired) electrons. The number of nitrogens with one attached hydrogen (secondary N) is 1. The predicted molar refractivity (Wildman–Crippen MR) is 55.4 cm³/mol. The van der Waals surface area contributed by atoms with Crippen molar-refractivity contribution in [3.8, 4) is 0 Å².